The second-order valence-electron chi connectivity index (χ2n) is 8.64. The van der Waals surface area contributed by atoms with E-state index in [2.05, 4.69) is 11.4 Å². The molecule has 2 aromatic carbocycles. The maximum Gasteiger partial charge on any atom is 0.264 e. The standard InChI is InChI=1S/C26H26N4O3/c27-24(31)22-20-11-13-29(25(32)21-10-4-8-18-9-5-12-28-23(18)21)15-19(20)16-30(26(22)33)14-17-6-2-1-3-7-17/h1-4,6-8,10,16,28H,5,9,11-15H2,(H2,27,31). The monoisotopic (exact) mass is 442 g/mol. The quantitative estimate of drug-likeness (QED) is 0.649. The molecule has 3 heterocycles. The molecule has 0 aliphatic carbocycles. The number of benzene rings is 2. The third kappa shape index (κ3) is 3.91. The number of amides is 2. The number of primary amides is 1. The van der Waals surface area contributed by atoms with Crippen molar-refractivity contribution in [1.82, 2.24) is 9.47 Å². The number of aryl methyl sites for hydroxylation is 1. The van der Waals surface area contributed by atoms with Gasteiger partial charge in [-0.15, -0.1) is 0 Å². The summed E-state index contributed by atoms with van der Waals surface area (Å²) in [5.74, 6) is -0.770. The number of nitrogens with zero attached hydrogens (tertiary/aromatic N) is 2. The van der Waals surface area contributed by atoms with Crippen molar-refractivity contribution in [2.45, 2.75) is 32.4 Å². The Kier molecular flexibility index (Phi) is 5.46. The molecule has 2 aliphatic rings. The Bertz CT molecular complexity index is 1300. The van der Waals surface area contributed by atoms with Crippen LogP contribution in [-0.4, -0.2) is 34.4 Å². The van der Waals surface area contributed by atoms with E-state index < -0.39 is 5.91 Å². The van der Waals surface area contributed by atoms with Crippen LogP contribution >= 0.6 is 0 Å². The van der Waals surface area contributed by atoms with Crippen LogP contribution in [0.1, 0.15) is 49.4 Å². The number of anilines is 1. The number of fused-ring (bicyclic) bond motifs is 2. The van der Waals surface area contributed by atoms with E-state index in [0.29, 0.717) is 37.2 Å². The number of para-hydroxylation sites is 1. The Morgan fingerprint density at radius 2 is 1.82 bits per heavy atom. The summed E-state index contributed by atoms with van der Waals surface area (Å²) in [6, 6.07) is 15.4. The summed E-state index contributed by atoms with van der Waals surface area (Å²) >= 11 is 0. The van der Waals surface area contributed by atoms with Gasteiger partial charge in [-0.05, 0) is 47.6 Å². The van der Waals surface area contributed by atoms with Gasteiger partial charge in [0.05, 0.1) is 17.8 Å². The van der Waals surface area contributed by atoms with Crippen LogP contribution in [0.5, 0.6) is 0 Å². The molecule has 3 N–H and O–H groups in total. The zero-order valence-electron chi connectivity index (χ0n) is 18.3. The number of rotatable bonds is 4. The molecule has 1 aromatic heterocycles. The first kappa shape index (κ1) is 21.0. The van der Waals surface area contributed by atoms with Crippen molar-refractivity contribution in [3.8, 4) is 0 Å². The van der Waals surface area contributed by atoms with Gasteiger partial charge >= 0.3 is 0 Å². The molecule has 5 rings (SSSR count). The summed E-state index contributed by atoms with van der Waals surface area (Å²) in [6.07, 6.45) is 4.20. The first-order valence-corrected chi connectivity index (χ1v) is 11.3. The van der Waals surface area contributed by atoms with Crippen molar-refractivity contribution in [1.29, 1.82) is 0 Å². The van der Waals surface area contributed by atoms with Gasteiger partial charge in [-0.1, -0.05) is 42.5 Å². The van der Waals surface area contributed by atoms with Crippen LogP contribution in [0.2, 0.25) is 0 Å². The summed E-state index contributed by atoms with van der Waals surface area (Å²) < 4.78 is 1.52. The number of pyridine rings is 1. The number of hydrogen-bond donors (Lipinski definition) is 2. The van der Waals surface area contributed by atoms with E-state index >= 15 is 0 Å². The lowest BCUT2D eigenvalue weighted by Crippen LogP contribution is -2.41. The zero-order chi connectivity index (χ0) is 22.9. The van der Waals surface area contributed by atoms with Gasteiger partial charge in [-0.3, -0.25) is 14.4 Å². The van der Waals surface area contributed by atoms with E-state index in [9.17, 15) is 14.4 Å². The maximum absolute atomic E-state index is 13.5. The van der Waals surface area contributed by atoms with Gasteiger partial charge in [0.2, 0.25) is 0 Å². The van der Waals surface area contributed by atoms with Crippen LogP contribution in [0, 0.1) is 0 Å². The zero-order valence-corrected chi connectivity index (χ0v) is 18.3. The number of aromatic nitrogens is 1. The average Bonchev–Trinajstić information content (AvgIpc) is 2.84. The van der Waals surface area contributed by atoms with Gasteiger partial charge in [-0.2, -0.15) is 0 Å². The molecule has 0 saturated heterocycles. The van der Waals surface area contributed by atoms with Crippen LogP contribution < -0.4 is 16.6 Å². The first-order chi connectivity index (χ1) is 16.0. The third-order valence-corrected chi connectivity index (χ3v) is 6.50. The average molecular weight is 443 g/mol. The molecule has 0 unspecified atom stereocenters. The van der Waals surface area contributed by atoms with Crippen LogP contribution in [0.3, 0.4) is 0 Å². The lowest BCUT2D eigenvalue weighted by atomic mass is 9.94. The van der Waals surface area contributed by atoms with Gasteiger partial charge in [-0.25, -0.2) is 0 Å². The molecule has 0 radical (unpaired) electrons. The summed E-state index contributed by atoms with van der Waals surface area (Å²) in [4.78, 5) is 40.5. The van der Waals surface area contributed by atoms with Crippen molar-refractivity contribution in [3.05, 3.63) is 98.5 Å². The van der Waals surface area contributed by atoms with Crippen molar-refractivity contribution >= 4 is 17.5 Å². The molecular weight excluding hydrogens is 416 g/mol. The molecule has 0 fully saturated rings. The van der Waals surface area contributed by atoms with E-state index in [1.54, 1.807) is 11.1 Å². The highest BCUT2D eigenvalue weighted by molar-refractivity contribution is 6.01. The number of hydrogen-bond acceptors (Lipinski definition) is 4. The highest BCUT2D eigenvalue weighted by Gasteiger charge is 2.29. The predicted molar refractivity (Wildman–Crippen MR) is 126 cm³/mol. The molecule has 168 valence electrons. The third-order valence-electron chi connectivity index (χ3n) is 6.50. The van der Waals surface area contributed by atoms with Crippen LogP contribution in [0.15, 0.2) is 59.5 Å². The molecule has 33 heavy (non-hydrogen) atoms. The van der Waals surface area contributed by atoms with E-state index in [4.69, 9.17) is 5.73 Å². The fourth-order valence-electron chi connectivity index (χ4n) is 4.89. The Morgan fingerprint density at radius 1 is 1.00 bits per heavy atom. The van der Waals surface area contributed by atoms with Crippen LogP contribution in [-0.2, 0) is 25.9 Å². The lowest BCUT2D eigenvalue weighted by Gasteiger charge is -2.31. The van der Waals surface area contributed by atoms with Crippen LogP contribution in [0.4, 0.5) is 5.69 Å². The van der Waals surface area contributed by atoms with Crippen molar-refractivity contribution in [2.24, 2.45) is 5.73 Å². The minimum absolute atomic E-state index is 0.0364. The predicted octanol–water partition coefficient (Wildman–Crippen LogP) is 2.55. The number of nitrogens with two attached hydrogens (primary N) is 1. The molecule has 0 atom stereocenters. The highest BCUT2D eigenvalue weighted by atomic mass is 16.2. The fraction of sp³-hybridized carbons (Fsp3) is 0.269. The van der Waals surface area contributed by atoms with E-state index in [1.807, 2.05) is 42.5 Å². The maximum atomic E-state index is 13.5. The molecule has 3 aromatic rings. The topological polar surface area (TPSA) is 97.4 Å². The number of nitrogens with one attached hydrogen (secondary N) is 1. The largest absolute Gasteiger partial charge is 0.384 e. The Balaban J connectivity index is 1.50. The fourth-order valence-corrected chi connectivity index (χ4v) is 4.89. The van der Waals surface area contributed by atoms with Crippen molar-refractivity contribution in [3.63, 3.8) is 0 Å². The highest BCUT2D eigenvalue weighted by Crippen LogP contribution is 2.29. The number of carbonyl (C=O) groups excluding carboxylic acids is 2. The van der Waals surface area contributed by atoms with Gasteiger partial charge in [0.1, 0.15) is 5.56 Å². The molecular formula is C26H26N4O3. The normalized spacial score (nSPS) is 14.7. The van der Waals surface area contributed by atoms with Gasteiger partial charge in [0.15, 0.2) is 0 Å². The van der Waals surface area contributed by atoms with Crippen LogP contribution in [0.25, 0.3) is 0 Å². The van der Waals surface area contributed by atoms with E-state index in [-0.39, 0.29) is 17.0 Å². The molecule has 0 saturated carbocycles. The summed E-state index contributed by atoms with van der Waals surface area (Å²) in [5.41, 5.74) is 10.4. The van der Waals surface area contributed by atoms with Crippen molar-refractivity contribution in [2.75, 3.05) is 18.4 Å². The van der Waals surface area contributed by atoms with Crippen molar-refractivity contribution < 1.29 is 9.59 Å². The summed E-state index contributed by atoms with van der Waals surface area (Å²) in [5, 5.41) is 3.38. The Morgan fingerprint density at radius 3 is 2.61 bits per heavy atom. The minimum atomic E-state index is -0.722. The van der Waals surface area contributed by atoms with E-state index in [0.717, 1.165) is 41.8 Å². The molecule has 0 bridgehead atoms. The Labute approximate surface area is 191 Å². The first-order valence-electron chi connectivity index (χ1n) is 11.3. The number of carbonyl (C=O) groups is 2. The van der Waals surface area contributed by atoms with E-state index in [1.165, 1.54) is 4.57 Å². The second-order valence-corrected chi connectivity index (χ2v) is 8.64. The minimum Gasteiger partial charge on any atom is -0.384 e. The smallest absolute Gasteiger partial charge is 0.264 e. The lowest BCUT2D eigenvalue weighted by molar-refractivity contribution is 0.0734. The second kappa shape index (κ2) is 8.58. The molecule has 0 spiro atoms. The SMILES string of the molecule is NC(=O)c1c2c(cn(Cc3ccccc3)c1=O)CN(C(=O)c1cccc3c1NCCC3)CC2. The summed E-state index contributed by atoms with van der Waals surface area (Å²) in [7, 11) is 0. The molecule has 2 amide bonds. The molecule has 7 heteroatoms. The Hall–Kier alpha value is -3.87. The van der Waals surface area contributed by atoms with Gasteiger partial charge in [0, 0.05) is 25.8 Å². The van der Waals surface area contributed by atoms with Gasteiger partial charge < -0.3 is 20.5 Å². The summed E-state index contributed by atoms with van der Waals surface area (Å²) in [6.45, 7) is 1.94. The van der Waals surface area contributed by atoms with Gasteiger partial charge in [0.25, 0.3) is 17.4 Å². The molecule has 7 nitrogen and oxygen atoms in total. The molecule has 2 aliphatic heterocycles.